The fraction of sp³-hybridized carbons (Fsp3) is 0. The molecule has 2 aromatic rings. The number of rotatable bonds is 3. The molecule has 7 heteroatoms. The lowest BCUT2D eigenvalue weighted by molar-refractivity contribution is -0.112. The fourth-order valence-corrected chi connectivity index (χ4v) is 2.23. The molecule has 0 heterocycles. The van der Waals surface area contributed by atoms with Crippen LogP contribution in [-0.4, -0.2) is 5.91 Å². The molecule has 0 unspecified atom stereocenters. The van der Waals surface area contributed by atoms with Gasteiger partial charge in [-0.25, -0.2) is 8.78 Å². The number of hydrogen-bond acceptors (Lipinski definition) is 2. The predicted molar refractivity (Wildman–Crippen MR) is 85.0 cm³/mol. The molecule has 3 nitrogen and oxygen atoms in total. The maximum atomic E-state index is 13.6. The highest BCUT2D eigenvalue weighted by Gasteiger charge is 2.15. The number of nitrogens with one attached hydrogen (secondary N) is 1. The number of hydrogen-bond donors (Lipinski definition) is 1. The molecule has 0 aliphatic rings. The van der Waals surface area contributed by atoms with E-state index in [1.165, 1.54) is 24.3 Å². The van der Waals surface area contributed by atoms with E-state index >= 15 is 0 Å². The minimum absolute atomic E-state index is 0.127. The third kappa shape index (κ3) is 3.86. The Morgan fingerprint density at radius 1 is 1.13 bits per heavy atom. The fourth-order valence-electron chi connectivity index (χ4n) is 1.73. The summed E-state index contributed by atoms with van der Waals surface area (Å²) in [6.07, 6.45) is 0.943. The summed E-state index contributed by atoms with van der Waals surface area (Å²) in [5, 5.41) is 11.8. The molecule has 116 valence electrons. The summed E-state index contributed by atoms with van der Waals surface area (Å²) in [6, 6.07) is 9.67. The maximum absolute atomic E-state index is 13.6. The highest BCUT2D eigenvalue weighted by Crippen LogP contribution is 2.30. The van der Waals surface area contributed by atoms with E-state index in [4.69, 9.17) is 28.5 Å². The number of benzene rings is 2. The number of halogens is 4. The smallest absolute Gasteiger partial charge is 0.266 e. The number of anilines is 1. The zero-order valence-electron chi connectivity index (χ0n) is 11.4. The topological polar surface area (TPSA) is 52.9 Å². The average molecular weight is 353 g/mol. The second-order valence-electron chi connectivity index (χ2n) is 4.36. The number of amides is 1. The summed E-state index contributed by atoms with van der Waals surface area (Å²) in [4.78, 5) is 12.1. The van der Waals surface area contributed by atoms with E-state index in [1.54, 1.807) is 12.1 Å². The van der Waals surface area contributed by atoms with Crippen molar-refractivity contribution in [1.29, 1.82) is 5.26 Å². The van der Waals surface area contributed by atoms with Crippen molar-refractivity contribution in [2.24, 2.45) is 0 Å². The Balaban J connectivity index is 2.35. The summed E-state index contributed by atoms with van der Waals surface area (Å²) in [5.41, 5.74) is -0.519. The van der Waals surface area contributed by atoms with Gasteiger partial charge in [0.05, 0.1) is 15.7 Å². The highest BCUT2D eigenvalue weighted by atomic mass is 35.5. The van der Waals surface area contributed by atoms with Gasteiger partial charge in [0, 0.05) is 5.56 Å². The molecule has 0 fully saturated rings. The number of carbonyl (C=O) groups excluding carboxylic acids is 1. The lowest BCUT2D eigenvalue weighted by atomic mass is 10.1. The molecule has 0 aliphatic carbocycles. The average Bonchev–Trinajstić information content (AvgIpc) is 2.52. The first-order valence-corrected chi connectivity index (χ1v) is 7.00. The van der Waals surface area contributed by atoms with Gasteiger partial charge in [0.15, 0.2) is 11.6 Å². The normalized spacial score (nSPS) is 11.0. The van der Waals surface area contributed by atoms with Gasteiger partial charge < -0.3 is 5.32 Å². The molecule has 23 heavy (non-hydrogen) atoms. The largest absolute Gasteiger partial charge is 0.319 e. The quantitative estimate of drug-likeness (QED) is 0.636. The molecule has 1 amide bonds. The molecule has 0 saturated heterocycles. The van der Waals surface area contributed by atoms with Gasteiger partial charge in [-0.15, -0.1) is 0 Å². The van der Waals surface area contributed by atoms with Crippen molar-refractivity contribution in [1.82, 2.24) is 0 Å². The third-order valence-electron chi connectivity index (χ3n) is 2.85. The second-order valence-corrected chi connectivity index (χ2v) is 5.18. The van der Waals surface area contributed by atoms with Crippen molar-refractivity contribution < 1.29 is 13.6 Å². The Morgan fingerprint density at radius 3 is 2.35 bits per heavy atom. The lowest BCUT2D eigenvalue weighted by Gasteiger charge is -2.08. The van der Waals surface area contributed by atoms with Crippen LogP contribution < -0.4 is 5.32 Å². The van der Waals surface area contributed by atoms with Crippen molar-refractivity contribution in [3.05, 3.63) is 69.2 Å². The standard InChI is InChI=1S/C16H8Cl2F2N2O/c17-11-4-2-5-12(18)15(11)22-16(23)10(8-21)7-9-3-1-6-13(19)14(9)20/h1-7H,(H,22,23). The van der Waals surface area contributed by atoms with Gasteiger partial charge in [-0.2, -0.15) is 5.26 Å². The van der Waals surface area contributed by atoms with Gasteiger partial charge >= 0.3 is 0 Å². The Morgan fingerprint density at radius 2 is 1.74 bits per heavy atom. The van der Waals surface area contributed by atoms with Crippen LogP contribution in [-0.2, 0) is 4.79 Å². The Bertz CT molecular complexity index is 824. The number of nitriles is 1. The van der Waals surface area contributed by atoms with Crippen LogP contribution in [0.15, 0.2) is 42.0 Å². The van der Waals surface area contributed by atoms with Gasteiger partial charge in [-0.3, -0.25) is 4.79 Å². The molecule has 0 atom stereocenters. The van der Waals surface area contributed by atoms with Crippen molar-refractivity contribution in [3.8, 4) is 6.07 Å². The first-order valence-electron chi connectivity index (χ1n) is 6.25. The van der Waals surface area contributed by atoms with Crippen LogP contribution in [0.4, 0.5) is 14.5 Å². The van der Waals surface area contributed by atoms with Crippen LogP contribution in [0.5, 0.6) is 0 Å². The predicted octanol–water partition coefficient (Wildman–Crippen LogP) is 4.82. The first-order chi connectivity index (χ1) is 10.9. The van der Waals surface area contributed by atoms with Gasteiger partial charge in [0.25, 0.3) is 5.91 Å². The molecule has 0 aromatic heterocycles. The minimum Gasteiger partial charge on any atom is -0.319 e. The summed E-state index contributed by atoms with van der Waals surface area (Å²) in [6.45, 7) is 0. The van der Waals surface area contributed by atoms with E-state index in [2.05, 4.69) is 5.32 Å². The molecule has 0 aliphatic heterocycles. The second kappa shape index (κ2) is 7.23. The maximum Gasteiger partial charge on any atom is 0.266 e. The number of carbonyl (C=O) groups is 1. The van der Waals surface area contributed by atoms with Crippen LogP contribution in [0.25, 0.3) is 6.08 Å². The van der Waals surface area contributed by atoms with Crippen molar-refractivity contribution in [2.45, 2.75) is 0 Å². The van der Waals surface area contributed by atoms with E-state index < -0.39 is 23.1 Å². The van der Waals surface area contributed by atoms with Gasteiger partial charge in [0.1, 0.15) is 11.6 Å². The Hall–Kier alpha value is -2.42. The lowest BCUT2D eigenvalue weighted by Crippen LogP contribution is -2.14. The van der Waals surface area contributed by atoms with Crippen LogP contribution in [0.3, 0.4) is 0 Å². The third-order valence-corrected chi connectivity index (χ3v) is 3.48. The highest BCUT2D eigenvalue weighted by molar-refractivity contribution is 6.40. The van der Waals surface area contributed by atoms with Crippen LogP contribution >= 0.6 is 23.2 Å². The zero-order valence-corrected chi connectivity index (χ0v) is 12.9. The molecule has 0 bridgehead atoms. The molecular weight excluding hydrogens is 345 g/mol. The van der Waals surface area contributed by atoms with Crippen molar-refractivity contribution in [2.75, 3.05) is 5.32 Å². The van der Waals surface area contributed by atoms with Crippen LogP contribution in [0.1, 0.15) is 5.56 Å². The first kappa shape index (κ1) is 16.9. The SMILES string of the molecule is N#CC(=Cc1cccc(F)c1F)C(=O)Nc1c(Cl)cccc1Cl. The molecule has 0 saturated carbocycles. The molecule has 2 aromatic carbocycles. The number of nitrogens with zero attached hydrogens (tertiary/aromatic N) is 1. The van der Waals surface area contributed by atoms with E-state index in [1.807, 2.05) is 0 Å². The zero-order chi connectivity index (χ0) is 17.0. The van der Waals surface area contributed by atoms with Crippen molar-refractivity contribution >= 4 is 40.9 Å². The number of para-hydroxylation sites is 1. The summed E-state index contributed by atoms with van der Waals surface area (Å²) >= 11 is 11.8. The summed E-state index contributed by atoms with van der Waals surface area (Å²) in [7, 11) is 0. The van der Waals surface area contributed by atoms with Crippen LogP contribution in [0.2, 0.25) is 10.0 Å². The monoisotopic (exact) mass is 352 g/mol. The van der Waals surface area contributed by atoms with Crippen molar-refractivity contribution in [3.63, 3.8) is 0 Å². The van der Waals surface area contributed by atoms with Crippen LogP contribution in [0, 0.1) is 23.0 Å². The van der Waals surface area contributed by atoms with E-state index in [-0.39, 0.29) is 21.3 Å². The van der Waals surface area contributed by atoms with E-state index in [0.29, 0.717) is 0 Å². The summed E-state index contributed by atoms with van der Waals surface area (Å²) < 4.78 is 26.8. The molecule has 1 N–H and O–H groups in total. The van der Waals surface area contributed by atoms with Gasteiger partial charge in [-0.05, 0) is 24.3 Å². The Kier molecular flexibility index (Phi) is 5.32. The molecule has 0 spiro atoms. The van der Waals surface area contributed by atoms with E-state index in [9.17, 15) is 13.6 Å². The van der Waals surface area contributed by atoms with E-state index in [0.717, 1.165) is 12.1 Å². The molecule has 2 rings (SSSR count). The van der Waals surface area contributed by atoms with Gasteiger partial charge in [-0.1, -0.05) is 41.4 Å². The van der Waals surface area contributed by atoms with Gasteiger partial charge in [0.2, 0.25) is 0 Å². The minimum atomic E-state index is -1.15. The summed E-state index contributed by atoms with van der Waals surface area (Å²) in [5.74, 6) is -3.07. The molecule has 0 radical (unpaired) electrons. The Labute approximate surface area is 140 Å². The molecular formula is C16H8Cl2F2N2O.